The highest BCUT2D eigenvalue weighted by Gasteiger charge is 2.30. The van der Waals surface area contributed by atoms with E-state index in [1.54, 1.807) is 36.1 Å². The van der Waals surface area contributed by atoms with Gasteiger partial charge in [-0.1, -0.05) is 0 Å². The van der Waals surface area contributed by atoms with Crippen LogP contribution in [0.2, 0.25) is 0 Å². The standard InChI is InChI=1S/C22H22FN3O4/c1-2-29-22(28)14-4-3-10-26(13-14)21(27)18-12-19-17(9-11-30-19)20(25-18)24-16-7-5-15(23)6-8-16/h5-9,11-12,14H,2-4,10,13H2,1H3,(H,24,25)/t14-/m1/s1. The Kier molecular flexibility index (Phi) is 5.65. The predicted molar refractivity (Wildman–Crippen MR) is 109 cm³/mol. The second-order valence-corrected chi connectivity index (χ2v) is 7.16. The summed E-state index contributed by atoms with van der Waals surface area (Å²) >= 11 is 0. The summed E-state index contributed by atoms with van der Waals surface area (Å²) in [4.78, 5) is 31.4. The number of nitrogens with one attached hydrogen (secondary N) is 1. The van der Waals surface area contributed by atoms with Crippen LogP contribution < -0.4 is 5.32 Å². The van der Waals surface area contributed by atoms with Crippen LogP contribution in [0.15, 0.2) is 47.1 Å². The molecule has 1 atom stereocenters. The molecule has 1 N–H and O–H groups in total. The van der Waals surface area contributed by atoms with Gasteiger partial charge in [-0.3, -0.25) is 9.59 Å². The Morgan fingerprint density at radius 3 is 2.87 bits per heavy atom. The summed E-state index contributed by atoms with van der Waals surface area (Å²) < 4.78 is 23.8. The Morgan fingerprint density at radius 1 is 1.30 bits per heavy atom. The van der Waals surface area contributed by atoms with E-state index < -0.39 is 0 Å². The molecule has 3 aromatic rings. The smallest absolute Gasteiger partial charge is 0.310 e. The first kappa shape index (κ1) is 19.9. The topological polar surface area (TPSA) is 84.7 Å². The number of anilines is 2. The highest BCUT2D eigenvalue weighted by atomic mass is 19.1. The molecule has 7 nitrogen and oxygen atoms in total. The average molecular weight is 411 g/mol. The van der Waals surface area contributed by atoms with Crippen molar-refractivity contribution in [3.63, 3.8) is 0 Å². The number of halogens is 1. The zero-order valence-electron chi connectivity index (χ0n) is 16.6. The van der Waals surface area contributed by atoms with Crippen molar-refractivity contribution in [2.75, 3.05) is 25.0 Å². The van der Waals surface area contributed by atoms with Gasteiger partial charge in [-0.25, -0.2) is 9.37 Å². The number of pyridine rings is 1. The van der Waals surface area contributed by atoms with Crippen molar-refractivity contribution in [2.45, 2.75) is 19.8 Å². The molecule has 3 heterocycles. The molecule has 0 saturated carbocycles. The average Bonchev–Trinajstić information content (AvgIpc) is 3.24. The van der Waals surface area contributed by atoms with Crippen molar-refractivity contribution in [2.24, 2.45) is 5.92 Å². The molecule has 4 rings (SSSR count). The summed E-state index contributed by atoms with van der Waals surface area (Å²) in [6.45, 7) is 2.93. The van der Waals surface area contributed by atoms with Gasteiger partial charge in [0.1, 0.15) is 22.9 Å². The molecular weight excluding hydrogens is 389 g/mol. The second-order valence-electron chi connectivity index (χ2n) is 7.16. The van der Waals surface area contributed by atoms with Crippen LogP contribution in [0.3, 0.4) is 0 Å². The summed E-state index contributed by atoms with van der Waals surface area (Å²) in [5.74, 6) is -0.776. The molecule has 0 aliphatic carbocycles. The fourth-order valence-corrected chi connectivity index (χ4v) is 3.62. The van der Waals surface area contributed by atoms with Crippen LogP contribution in [0.5, 0.6) is 0 Å². The van der Waals surface area contributed by atoms with E-state index in [9.17, 15) is 14.0 Å². The van der Waals surface area contributed by atoms with Crippen molar-refractivity contribution in [1.82, 2.24) is 9.88 Å². The number of ether oxygens (including phenoxy) is 1. The van der Waals surface area contributed by atoms with Gasteiger partial charge in [-0.05, 0) is 50.1 Å². The fraction of sp³-hybridized carbons (Fsp3) is 0.318. The number of carbonyl (C=O) groups excluding carboxylic acids is 2. The summed E-state index contributed by atoms with van der Waals surface area (Å²) in [6.07, 6.45) is 2.94. The summed E-state index contributed by atoms with van der Waals surface area (Å²) in [5.41, 5.74) is 1.36. The molecule has 0 unspecified atom stereocenters. The molecule has 1 saturated heterocycles. The SMILES string of the molecule is CCOC(=O)[C@@H]1CCCN(C(=O)c2cc3occc3c(Nc3ccc(F)cc3)n2)C1. The molecule has 1 aromatic carbocycles. The number of amides is 1. The van der Waals surface area contributed by atoms with E-state index in [2.05, 4.69) is 10.3 Å². The number of esters is 1. The minimum Gasteiger partial charge on any atom is -0.466 e. The lowest BCUT2D eigenvalue weighted by atomic mass is 9.98. The third-order valence-electron chi connectivity index (χ3n) is 5.10. The Morgan fingerprint density at radius 2 is 2.10 bits per heavy atom. The molecule has 1 fully saturated rings. The molecule has 0 spiro atoms. The van der Waals surface area contributed by atoms with Crippen LogP contribution in [-0.4, -0.2) is 41.5 Å². The third kappa shape index (κ3) is 4.12. The zero-order chi connectivity index (χ0) is 21.1. The number of hydrogen-bond donors (Lipinski definition) is 1. The number of hydrogen-bond acceptors (Lipinski definition) is 6. The van der Waals surface area contributed by atoms with Crippen LogP contribution in [0.4, 0.5) is 15.9 Å². The van der Waals surface area contributed by atoms with E-state index in [4.69, 9.17) is 9.15 Å². The number of piperidine rings is 1. The van der Waals surface area contributed by atoms with E-state index in [1.165, 1.54) is 18.4 Å². The molecule has 0 radical (unpaired) electrons. The maximum Gasteiger partial charge on any atom is 0.310 e. The van der Waals surface area contributed by atoms with Gasteiger partial charge in [-0.15, -0.1) is 0 Å². The lowest BCUT2D eigenvalue weighted by Crippen LogP contribution is -2.43. The number of carbonyl (C=O) groups is 2. The number of likely N-dealkylation sites (tertiary alicyclic amines) is 1. The molecule has 1 amide bonds. The minimum absolute atomic E-state index is 0.214. The summed E-state index contributed by atoms with van der Waals surface area (Å²) in [7, 11) is 0. The molecule has 30 heavy (non-hydrogen) atoms. The Labute approximate surface area is 172 Å². The van der Waals surface area contributed by atoms with Crippen LogP contribution >= 0.6 is 0 Å². The van der Waals surface area contributed by atoms with Crippen LogP contribution in [0.1, 0.15) is 30.3 Å². The predicted octanol–water partition coefficient (Wildman–Crippen LogP) is 4.13. The first-order chi connectivity index (χ1) is 14.5. The number of furan rings is 1. The maximum absolute atomic E-state index is 13.2. The van der Waals surface area contributed by atoms with Gasteiger partial charge >= 0.3 is 5.97 Å². The van der Waals surface area contributed by atoms with Gasteiger partial charge in [0, 0.05) is 24.8 Å². The zero-order valence-corrected chi connectivity index (χ0v) is 16.6. The van der Waals surface area contributed by atoms with Gasteiger partial charge in [0.15, 0.2) is 0 Å². The second kappa shape index (κ2) is 8.52. The number of aromatic nitrogens is 1. The van der Waals surface area contributed by atoms with E-state index in [1.807, 2.05) is 0 Å². The monoisotopic (exact) mass is 411 g/mol. The van der Waals surface area contributed by atoms with Crippen LogP contribution in [0.25, 0.3) is 11.0 Å². The van der Waals surface area contributed by atoms with Crippen LogP contribution in [-0.2, 0) is 9.53 Å². The maximum atomic E-state index is 13.2. The molecule has 156 valence electrons. The first-order valence-corrected chi connectivity index (χ1v) is 9.92. The summed E-state index contributed by atoms with van der Waals surface area (Å²) in [5, 5.41) is 3.83. The first-order valence-electron chi connectivity index (χ1n) is 9.92. The highest BCUT2D eigenvalue weighted by molar-refractivity contribution is 5.99. The quantitative estimate of drug-likeness (QED) is 0.636. The van der Waals surface area contributed by atoms with Crippen molar-refractivity contribution in [3.8, 4) is 0 Å². The number of benzene rings is 1. The summed E-state index contributed by atoms with van der Waals surface area (Å²) in [6, 6.07) is 9.21. The molecule has 0 bridgehead atoms. The third-order valence-corrected chi connectivity index (χ3v) is 5.10. The molecule has 8 heteroatoms. The largest absolute Gasteiger partial charge is 0.466 e. The van der Waals surface area contributed by atoms with Gasteiger partial charge in [0.2, 0.25) is 0 Å². The normalized spacial score (nSPS) is 16.5. The molecule has 1 aliphatic rings. The van der Waals surface area contributed by atoms with E-state index in [0.717, 1.165) is 6.42 Å². The van der Waals surface area contributed by atoms with Crippen molar-refractivity contribution < 1.29 is 23.1 Å². The highest BCUT2D eigenvalue weighted by Crippen LogP contribution is 2.28. The van der Waals surface area contributed by atoms with Crippen LogP contribution in [0, 0.1) is 11.7 Å². The number of fused-ring (bicyclic) bond motifs is 1. The van der Waals surface area contributed by atoms with E-state index >= 15 is 0 Å². The van der Waals surface area contributed by atoms with Crippen molar-refractivity contribution >= 4 is 34.4 Å². The Balaban J connectivity index is 1.60. The fourth-order valence-electron chi connectivity index (χ4n) is 3.62. The Bertz CT molecular complexity index is 1060. The molecule has 1 aliphatic heterocycles. The lowest BCUT2D eigenvalue weighted by Gasteiger charge is -2.31. The molecule has 2 aromatic heterocycles. The molecular formula is C22H22FN3O4. The Hall–Kier alpha value is -3.42. The van der Waals surface area contributed by atoms with E-state index in [0.29, 0.717) is 48.6 Å². The van der Waals surface area contributed by atoms with Crippen molar-refractivity contribution in [3.05, 3.63) is 54.2 Å². The van der Waals surface area contributed by atoms with Gasteiger partial charge in [-0.2, -0.15) is 0 Å². The number of rotatable bonds is 5. The van der Waals surface area contributed by atoms with Gasteiger partial charge < -0.3 is 19.4 Å². The van der Waals surface area contributed by atoms with E-state index in [-0.39, 0.29) is 29.3 Å². The van der Waals surface area contributed by atoms with Crippen molar-refractivity contribution in [1.29, 1.82) is 0 Å². The number of nitrogens with zero attached hydrogens (tertiary/aromatic N) is 2. The van der Waals surface area contributed by atoms with Gasteiger partial charge in [0.05, 0.1) is 24.2 Å². The lowest BCUT2D eigenvalue weighted by molar-refractivity contribution is -0.149. The van der Waals surface area contributed by atoms with Gasteiger partial charge in [0.25, 0.3) is 5.91 Å². The minimum atomic E-state index is -0.341.